The number of aromatic nitrogens is 4. The molecular formula is C20H24N4S2. The van der Waals surface area contributed by atoms with E-state index in [1.807, 2.05) is 29.0 Å². The Balaban J connectivity index is 1.71. The first kappa shape index (κ1) is 17.6. The lowest BCUT2D eigenvalue weighted by Crippen LogP contribution is -1.96. The van der Waals surface area contributed by atoms with Crippen molar-refractivity contribution in [2.24, 2.45) is 0 Å². The molecule has 0 saturated carbocycles. The molecule has 0 spiro atoms. The molecule has 4 aromatic rings. The van der Waals surface area contributed by atoms with Gasteiger partial charge in [-0.1, -0.05) is 26.7 Å². The molecule has 4 rings (SSSR count). The number of hydrogen-bond acceptors (Lipinski definition) is 5. The molecule has 0 amide bonds. The fourth-order valence-electron chi connectivity index (χ4n) is 3.54. The van der Waals surface area contributed by atoms with Crippen LogP contribution < -0.4 is 0 Å². The predicted molar refractivity (Wildman–Crippen MR) is 112 cm³/mol. The number of thiophene rings is 1. The van der Waals surface area contributed by atoms with Crippen molar-refractivity contribution in [2.45, 2.75) is 59.3 Å². The first-order valence-electron chi connectivity index (χ1n) is 9.33. The molecule has 0 aromatic carbocycles. The van der Waals surface area contributed by atoms with E-state index in [1.165, 1.54) is 35.3 Å². The van der Waals surface area contributed by atoms with Gasteiger partial charge >= 0.3 is 0 Å². The Labute approximate surface area is 161 Å². The number of aryl methyl sites for hydroxylation is 2. The molecule has 136 valence electrons. The Hall–Kier alpha value is -1.79. The highest BCUT2D eigenvalue weighted by molar-refractivity contribution is 7.28. The van der Waals surface area contributed by atoms with Crippen LogP contribution >= 0.6 is 22.7 Å². The van der Waals surface area contributed by atoms with Gasteiger partial charge in [0, 0.05) is 4.88 Å². The summed E-state index contributed by atoms with van der Waals surface area (Å²) in [7, 11) is 0. The molecular weight excluding hydrogens is 360 g/mol. The zero-order valence-corrected chi connectivity index (χ0v) is 17.4. The molecule has 0 aliphatic heterocycles. The first-order chi connectivity index (χ1) is 12.6. The van der Waals surface area contributed by atoms with E-state index in [0.29, 0.717) is 5.92 Å². The van der Waals surface area contributed by atoms with Crippen LogP contribution in [-0.2, 0) is 0 Å². The first-order valence-corrected chi connectivity index (χ1v) is 11.0. The van der Waals surface area contributed by atoms with E-state index in [9.17, 15) is 0 Å². The van der Waals surface area contributed by atoms with E-state index < -0.39 is 0 Å². The summed E-state index contributed by atoms with van der Waals surface area (Å²) in [5.41, 5.74) is 3.98. The Kier molecular flexibility index (Phi) is 4.80. The summed E-state index contributed by atoms with van der Waals surface area (Å²) in [4.78, 5) is 12.1. The van der Waals surface area contributed by atoms with E-state index >= 15 is 0 Å². The monoisotopic (exact) mass is 384 g/mol. The summed E-state index contributed by atoms with van der Waals surface area (Å²) in [6.07, 6.45) is 6.99. The third-order valence-electron chi connectivity index (χ3n) is 4.73. The number of nitrogens with zero attached hydrogens (tertiary/aromatic N) is 4. The SMILES string of the molecule is CCCC(CCC)c1cc2sc(-c3cc(C)c4nc(C)cn4n3)nc2s1. The van der Waals surface area contributed by atoms with Crippen molar-refractivity contribution in [3.63, 3.8) is 0 Å². The quantitative estimate of drug-likeness (QED) is 0.388. The molecule has 0 N–H and O–H groups in total. The number of imidazole rings is 1. The van der Waals surface area contributed by atoms with Crippen LogP contribution in [0.1, 0.15) is 61.6 Å². The van der Waals surface area contributed by atoms with Crippen molar-refractivity contribution in [3.05, 3.63) is 34.5 Å². The third kappa shape index (κ3) is 3.16. The van der Waals surface area contributed by atoms with E-state index in [2.05, 4.69) is 37.9 Å². The zero-order valence-electron chi connectivity index (χ0n) is 15.7. The minimum atomic E-state index is 0.686. The second kappa shape index (κ2) is 7.08. The molecule has 26 heavy (non-hydrogen) atoms. The standard InChI is InChI=1S/C20H24N4S2/c1-5-7-14(8-6-2)16-10-17-20(25-16)22-19(26-17)15-9-12(3)18-21-13(4)11-24(18)23-15/h9-11,14H,5-8H2,1-4H3. The maximum atomic E-state index is 4.90. The fourth-order valence-corrected chi connectivity index (χ4v) is 5.89. The maximum absolute atomic E-state index is 4.90. The zero-order chi connectivity index (χ0) is 18.3. The van der Waals surface area contributed by atoms with Gasteiger partial charge in [0.1, 0.15) is 15.5 Å². The average molecular weight is 385 g/mol. The van der Waals surface area contributed by atoms with Crippen molar-refractivity contribution < 1.29 is 0 Å². The predicted octanol–water partition coefficient (Wildman–Crippen LogP) is 6.37. The summed E-state index contributed by atoms with van der Waals surface area (Å²) >= 11 is 3.62. The Morgan fingerprint density at radius 2 is 1.81 bits per heavy atom. The Morgan fingerprint density at radius 1 is 1.04 bits per heavy atom. The van der Waals surface area contributed by atoms with Crippen LogP contribution in [0.25, 0.3) is 25.9 Å². The van der Waals surface area contributed by atoms with Crippen LogP contribution in [0.3, 0.4) is 0 Å². The summed E-state index contributed by atoms with van der Waals surface area (Å²) in [6.45, 7) is 8.63. The van der Waals surface area contributed by atoms with E-state index in [4.69, 9.17) is 10.1 Å². The second-order valence-corrected chi connectivity index (χ2v) is 9.07. The highest BCUT2D eigenvalue weighted by Gasteiger charge is 2.17. The lowest BCUT2D eigenvalue weighted by molar-refractivity contribution is 0.569. The van der Waals surface area contributed by atoms with E-state index in [-0.39, 0.29) is 0 Å². The van der Waals surface area contributed by atoms with Gasteiger partial charge in [-0.3, -0.25) is 0 Å². The minimum absolute atomic E-state index is 0.686. The summed E-state index contributed by atoms with van der Waals surface area (Å²) in [5.74, 6) is 0.686. The summed E-state index contributed by atoms with van der Waals surface area (Å²) in [5, 5.41) is 5.72. The van der Waals surface area contributed by atoms with Crippen LogP contribution in [0.2, 0.25) is 0 Å². The van der Waals surface area contributed by atoms with Gasteiger partial charge in [0.2, 0.25) is 0 Å². The molecule has 0 unspecified atom stereocenters. The van der Waals surface area contributed by atoms with E-state index in [1.54, 1.807) is 11.3 Å². The number of fused-ring (bicyclic) bond motifs is 2. The van der Waals surface area contributed by atoms with Crippen LogP contribution in [0.4, 0.5) is 0 Å². The molecule has 0 aliphatic rings. The molecule has 0 bridgehead atoms. The largest absolute Gasteiger partial charge is 0.232 e. The highest BCUT2D eigenvalue weighted by Crippen LogP contribution is 2.40. The van der Waals surface area contributed by atoms with Crippen molar-refractivity contribution in [1.82, 2.24) is 19.6 Å². The van der Waals surface area contributed by atoms with Crippen LogP contribution in [0, 0.1) is 13.8 Å². The summed E-state index contributed by atoms with van der Waals surface area (Å²) < 4.78 is 3.16. The molecule has 0 saturated heterocycles. The molecule has 0 aliphatic carbocycles. The van der Waals surface area contributed by atoms with Gasteiger partial charge in [-0.25, -0.2) is 14.5 Å². The minimum Gasteiger partial charge on any atom is -0.232 e. The summed E-state index contributed by atoms with van der Waals surface area (Å²) in [6, 6.07) is 4.46. The maximum Gasteiger partial charge on any atom is 0.156 e. The van der Waals surface area contributed by atoms with Crippen molar-refractivity contribution in [1.29, 1.82) is 0 Å². The van der Waals surface area contributed by atoms with Gasteiger partial charge in [-0.05, 0) is 50.3 Å². The molecule has 4 heterocycles. The highest BCUT2D eigenvalue weighted by atomic mass is 32.1. The van der Waals surface area contributed by atoms with Crippen molar-refractivity contribution in [2.75, 3.05) is 0 Å². The molecule has 6 heteroatoms. The Bertz CT molecular complexity index is 1020. The third-order valence-corrected chi connectivity index (χ3v) is 7.08. The van der Waals surface area contributed by atoms with E-state index in [0.717, 1.165) is 32.4 Å². The van der Waals surface area contributed by atoms with Gasteiger partial charge in [0.25, 0.3) is 0 Å². The van der Waals surface area contributed by atoms with Gasteiger partial charge in [-0.15, -0.1) is 22.7 Å². The smallest absolute Gasteiger partial charge is 0.156 e. The molecule has 0 atom stereocenters. The topological polar surface area (TPSA) is 43.1 Å². The van der Waals surface area contributed by atoms with Gasteiger partial charge in [0.05, 0.1) is 16.6 Å². The molecule has 0 fully saturated rings. The second-order valence-electron chi connectivity index (χ2n) is 6.97. The van der Waals surface area contributed by atoms with Gasteiger partial charge < -0.3 is 0 Å². The van der Waals surface area contributed by atoms with Gasteiger partial charge in [0.15, 0.2) is 5.65 Å². The number of hydrogen-bond donors (Lipinski definition) is 0. The van der Waals surface area contributed by atoms with Crippen LogP contribution in [0.5, 0.6) is 0 Å². The normalized spacial score (nSPS) is 12.0. The molecule has 4 aromatic heterocycles. The molecule has 4 nitrogen and oxygen atoms in total. The molecule has 0 radical (unpaired) electrons. The van der Waals surface area contributed by atoms with Gasteiger partial charge in [-0.2, -0.15) is 5.10 Å². The van der Waals surface area contributed by atoms with Crippen LogP contribution in [-0.4, -0.2) is 19.6 Å². The lowest BCUT2D eigenvalue weighted by Gasteiger charge is -2.12. The van der Waals surface area contributed by atoms with Crippen molar-refractivity contribution in [3.8, 4) is 10.7 Å². The fraction of sp³-hybridized carbons (Fsp3) is 0.450. The van der Waals surface area contributed by atoms with Crippen molar-refractivity contribution >= 4 is 37.9 Å². The average Bonchev–Trinajstić information content (AvgIpc) is 3.26. The number of thiazole rings is 1. The lowest BCUT2D eigenvalue weighted by atomic mass is 9.97. The Morgan fingerprint density at radius 3 is 2.50 bits per heavy atom. The number of rotatable bonds is 6. The van der Waals surface area contributed by atoms with Crippen LogP contribution in [0.15, 0.2) is 18.3 Å².